The number of hydrogen-bond acceptors (Lipinski definition) is 6. The van der Waals surface area contributed by atoms with Crippen molar-refractivity contribution in [2.75, 3.05) is 40.3 Å². The molecule has 1 saturated heterocycles. The van der Waals surface area contributed by atoms with E-state index in [2.05, 4.69) is 14.7 Å². The van der Waals surface area contributed by atoms with Crippen LogP contribution in [0, 0.1) is 0 Å². The number of methoxy groups -OCH3 is 1. The second kappa shape index (κ2) is 6.19. The van der Waals surface area contributed by atoms with Crippen LogP contribution in [-0.2, 0) is 4.74 Å². The average Bonchev–Trinajstić information content (AvgIpc) is 2.90. The first kappa shape index (κ1) is 15.8. The molecule has 1 N–H and O–H groups in total. The number of aromatic nitrogens is 2. The van der Waals surface area contributed by atoms with Crippen LogP contribution in [0.15, 0.2) is 0 Å². The van der Waals surface area contributed by atoms with Gasteiger partial charge in [-0.15, -0.1) is 0 Å². The van der Waals surface area contributed by atoms with Gasteiger partial charge in [0.2, 0.25) is 5.69 Å². The van der Waals surface area contributed by atoms with Crippen molar-refractivity contribution in [3.63, 3.8) is 0 Å². The van der Waals surface area contributed by atoms with Crippen molar-refractivity contribution in [3.05, 3.63) is 11.4 Å². The average molecular weight is 322 g/mol. The van der Waals surface area contributed by atoms with E-state index < -0.39 is 11.7 Å². The van der Waals surface area contributed by atoms with E-state index >= 15 is 0 Å². The van der Waals surface area contributed by atoms with Gasteiger partial charge in [-0.1, -0.05) is 6.42 Å². The first-order chi connectivity index (χ1) is 11.0. The summed E-state index contributed by atoms with van der Waals surface area (Å²) in [4.78, 5) is 28.0. The van der Waals surface area contributed by atoms with Crippen LogP contribution >= 0.6 is 0 Å². The van der Waals surface area contributed by atoms with Gasteiger partial charge in [-0.25, -0.2) is 9.48 Å². The third kappa shape index (κ3) is 2.78. The molecule has 2 aliphatic heterocycles. The van der Waals surface area contributed by atoms with Crippen LogP contribution < -0.4 is 0 Å². The van der Waals surface area contributed by atoms with E-state index in [4.69, 9.17) is 0 Å². The minimum Gasteiger partial charge on any atom is -0.503 e. The highest BCUT2D eigenvalue weighted by Crippen LogP contribution is 2.31. The highest BCUT2D eigenvalue weighted by Gasteiger charge is 2.37. The number of hydrogen-bond donors (Lipinski definition) is 1. The molecule has 1 atom stereocenters. The lowest BCUT2D eigenvalue weighted by molar-refractivity contribution is 0.0585. The van der Waals surface area contributed by atoms with E-state index in [1.165, 1.54) is 31.1 Å². The molecule has 8 nitrogen and oxygen atoms in total. The molecule has 2 aliphatic rings. The van der Waals surface area contributed by atoms with E-state index in [1.54, 1.807) is 11.9 Å². The maximum absolute atomic E-state index is 12.3. The minimum absolute atomic E-state index is 0.0705. The molecule has 1 aromatic rings. The first-order valence-corrected chi connectivity index (χ1v) is 7.90. The quantitative estimate of drug-likeness (QED) is 0.815. The van der Waals surface area contributed by atoms with Crippen LogP contribution in [0.1, 0.15) is 46.3 Å². The maximum Gasteiger partial charge on any atom is 0.362 e. The van der Waals surface area contributed by atoms with Crippen LogP contribution in [0.2, 0.25) is 0 Å². The number of amides is 1. The van der Waals surface area contributed by atoms with Gasteiger partial charge in [-0.05, 0) is 25.9 Å². The lowest BCUT2D eigenvalue weighted by Gasteiger charge is -2.35. The zero-order valence-corrected chi connectivity index (χ0v) is 13.5. The van der Waals surface area contributed by atoms with Crippen molar-refractivity contribution in [1.29, 1.82) is 0 Å². The molecule has 0 spiro atoms. The van der Waals surface area contributed by atoms with Gasteiger partial charge in [0.05, 0.1) is 13.2 Å². The number of esters is 1. The Hall–Kier alpha value is -2.09. The Labute approximate surface area is 134 Å². The van der Waals surface area contributed by atoms with Crippen LogP contribution in [-0.4, -0.2) is 76.9 Å². The number of ether oxygens (including phenoxy) is 1. The monoisotopic (exact) mass is 322 g/mol. The van der Waals surface area contributed by atoms with Gasteiger partial charge in [-0.3, -0.25) is 4.79 Å². The summed E-state index contributed by atoms with van der Waals surface area (Å²) in [6.07, 6.45) is 3.60. The molecule has 23 heavy (non-hydrogen) atoms. The number of rotatable bonds is 3. The zero-order chi connectivity index (χ0) is 16.6. The lowest BCUT2D eigenvalue weighted by atomic mass is 10.1. The molecule has 1 unspecified atom stereocenters. The molecule has 8 heteroatoms. The second-order valence-corrected chi connectivity index (χ2v) is 6.18. The number of nitrogens with zero attached hydrogens (tertiary/aromatic N) is 4. The summed E-state index contributed by atoms with van der Waals surface area (Å²) < 4.78 is 6.13. The zero-order valence-electron chi connectivity index (χ0n) is 13.5. The van der Waals surface area contributed by atoms with Gasteiger partial charge in [0.1, 0.15) is 0 Å². The SMILES string of the molecule is COC(=O)c1nn2c(c1O)C(=O)N(C)CC2CN1CCCCC1. The van der Waals surface area contributed by atoms with E-state index in [0.717, 1.165) is 19.6 Å². The summed E-state index contributed by atoms with van der Waals surface area (Å²) >= 11 is 0. The third-order valence-corrected chi connectivity index (χ3v) is 4.56. The van der Waals surface area contributed by atoms with E-state index in [9.17, 15) is 14.7 Å². The van der Waals surface area contributed by atoms with Crippen LogP contribution in [0.5, 0.6) is 5.75 Å². The van der Waals surface area contributed by atoms with Crippen LogP contribution in [0.4, 0.5) is 0 Å². The number of carbonyl (C=O) groups is 2. The third-order valence-electron chi connectivity index (χ3n) is 4.56. The summed E-state index contributed by atoms with van der Waals surface area (Å²) in [6.45, 7) is 3.30. The molecule has 1 fully saturated rings. The fourth-order valence-electron chi connectivity index (χ4n) is 3.36. The molecule has 0 aromatic carbocycles. The Morgan fingerprint density at radius 2 is 2.04 bits per heavy atom. The van der Waals surface area contributed by atoms with E-state index in [-0.39, 0.29) is 23.3 Å². The molecule has 3 rings (SSSR count). The molecule has 0 aliphatic carbocycles. The topological polar surface area (TPSA) is 87.9 Å². The summed E-state index contributed by atoms with van der Waals surface area (Å²) in [5, 5.41) is 14.4. The normalized spacial score (nSPS) is 22.1. The summed E-state index contributed by atoms with van der Waals surface area (Å²) in [6, 6.07) is -0.0879. The summed E-state index contributed by atoms with van der Waals surface area (Å²) in [5.41, 5.74) is -0.129. The number of carbonyl (C=O) groups excluding carboxylic acids is 2. The predicted octanol–water partition coefficient (Wildman–Crippen LogP) is 0.488. The van der Waals surface area contributed by atoms with Crippen LogP contribution in [0.25, 0.3) is 0 Å². The van der Waals surface area contributed by atoms with Crippen LogP contribution in [0.3, 0.4) is 0 Å². The highest BCUT2D eigenvalue weighted by atomic mass is 16.5. The van der Waals surface area contributed by atoms with E-state index in [0.29, 0.717) is 6.54 Å². The molecule has 0 radical (unpaired) electrons. The standard InChI is InChI=1S/C15H22N4O4/c1-17-8-10(9-18-6-4-3-5-7-18)19-12(14(17)21)13(20)11(16-19)15(22)23-2/h10,20H,3-9H2,1-2H3. The molecule has 3 heterocycles. The van der Waals surface area contributed by atoms with Gasteiger partial charge < -0.3 is 19.6 Å². The maximum atomic E-state index is 12.3. The second-order valence-electron chi connectivity index (χ2n) is 6.18. The Morgan fingerprint density at radius 3 is 2.70 bits per heavy atom. The summed E-state index contributed by atoms with van der Waals surface area (Å²) in [7, 11) is 2.92. The van der Waals surface area contributed by atoms with Gasteiger partial charge in [-0.2, -0.15) is 5.10 Å². The molecule has 1 aromatic heterocycles. The molecule has 1 amide bonds. The number of likely N-dealkylation sites (N-methyl/N-ethyl adjacent to an activating group) is 1. The predicted molar refractivity (Wildman–Crippen MR) is 81.5 cm³/mol. The fourth-order valence-corrected chi connectivity index (χ4v) is 3.36. The highest BCUT2D eigenvalue weighted by molar-refractivity contribution is 6.00. The van der Waals surface area contributed by atoms with Gasteiger partial charge in [0.15, 0.2) is 11.4 Å². The smallest absolute Gasteiger partial charge is 0.362 e. The Bertz CT molecular complexity index is 621. The number of likely N-dealkylation sites (tertiary alicyclic amines) is 1. The Kier molecular flexibility index (Phi) is 4.25. The molecule has 0 saturated carbocycles. The van der Waals surface area contributed by atoms with Crippen molar-refractivity contribution in [2.45, 2.75) is 25.3 Å². The number of aromatic hydroxyl groups is 1. The lowest BCUT2D eigenvalue weighted by Crippen LogP contribution is -2.46. The van der Waals surface area contributed by atoms with E-state index in [1.807, 2.05) is 0 Å². The fraction of sp³-hybridized carbons (Fsp3) is 0.667. The first-order valence-electron chi connectivity index (χ1n) is 7.90. The van der Waals surface area contributed by atoms with Gasteiger partial charge in [0, 0.05) is 20.1 Å². The molecule has 126 valence electrons. The van der Waals surface area contributed by atoms with Gasteiger partial charge in [0.25, 0.3) is 5.91 Å². The number of piperidine rings is 1. The largest absolute Gasteiger partial charge is 0.503 e. The molecular formula is C15H22N4O4. The van der Waals surface area contributed by atoms with Crippen molar-refractivity contribution in [2.24, 2.45) is 0 Å². The van der Waals surface area contributed by atoms with Crippen molar-refractivity contribution in [1.82, 2.24) is 19.6 Å². The minimum atomic E-state index is -0.739. The molecular weight excluding hydrogens is 300 g/mol. The Morgan fingerprint density at radius 1 is 1.35 bits per heavy atom. The van der Waals surface area contributed by atoms with Gasteiger partial charge >= 0.3 is 5.97 Å². The van der Waals surface area contributed by atoms with Crippen molar-refractivity contribution in [3.8, 4) is 5.75 Å². The summed E-state index contributed by atoms with van der Waals surface area (Å²) in [5.74, 6) is -1.46. The Balaban J connectivity index is 1.93. The number of fused-ring (bicyclic) bond motifs is 1. The van der Waals surface area contributed by atoms with Crippen molar-refractivity contribution >= 4 is 11.9 Å². The van der Waals surface area contributed by atoms with Crippen molar-refractivity contribution < 1.29 is 19.4 Å². The molecule has 0 bridgehead atoms.